The first-order chi connectivity index (χ1) is 4.52. The van der Waals surface area contributed by atoms with Crippen LogP contribution in [0.2, 0.25) is 0 Å². The van der Waals surface area contributed by atoms with E-state index in [1.165, 1.54) is 0 Å². The third kappa shape index (κ3) is 1.58. The highest BCUT2D eigenvalue weighted by Gasteiger charge is 2.40. The molecule has 0 aromatic heterocycles. The maximum Gasteiger partial charge on any atom is 0.393 e. The van der Waals surface area contributed by atoms with E-state index in [4.69, 9.17) is 1.37 Å². The standard InChI is InChI=1S/C5H8F3N/c6-5(7,8)4-1-2-9-3-4/h4,9H,1-3H2/i1D. The van der Waals surface area contributed by atoms with Crippen LogP contribution in [0.4, 0.5) is 13.2 Å². The molecule has 1 nitrogen and oxygen atoms in total. The lowest BCUT2D eigenvalue weighted by Gasteiger charge is -2.11. The summed E-state index contributed by atoms with van der Waals surface area (Å²) in [5, 5.41) is 2.52. The van der Waals surface area contributed by atoms with Gasteiger partial charge in [-0.25, -0.2) is 0 Å². The quantitative estimate of drug-likeness (QED) is 0.532. The van der Waals surface area contributed by atoms with E-state index in [0.717, 1.165) is 0 Å². The third-order valence-corrected chi connectivity index (χ3v) is 1.33. The molecule has 1 aliphatic rings. The van der Waals surface area contributed by atoms with Crippen LogP contribution in [0.15, 0.2) is 0 Å². The highest BCUT2D eigenvalue weighted by Crippen LogP contribution is 2.29. The van der Waals surface area contributed by atoms with E-state index in [1.807, 2.05) is 0 Å². The Morgan fingerprint density at radius 3 is 2.44 bits per heavy atom. The Morgan fingerprint density at radius 1 is 1.56 bits per heavy atom. The number of halogens is 3. The van der Waals surface area contributed by atoms with Crippen molar-refractivity contribution in [2.24, 2.45) is 5.92 Å². The van der Waals surface area contributed by atoms with Gasteiger partial charge in [-0.2, -0.15) is 13.2 Å². The lowest BCUT2D eigenvalue weighted by atomic mass is 10.1. The molecular weight excluding hydrogens is 131 g/mol. The van der Waals surface area contributed by atoms with Crippen molar-refractivity contribution in [1.82, 2.24) is 5.32 Å². The number of rotatable bonds is 0. The average molecular weight is 140 g/mol. The van der Waals surface area contributed by atoms with Gasteiger partial charge in [0.15, 0.2) is 0 Å². The summed E-state index contributed by atoms with van der Waals surface area (Å²) in [6.45, 7) is 0.0574. The third-order valence-electron chi connectivity index (χ3n) is 1.33. The largest absolute Gasteiger partial charge is 0.393 e. The van der Waals surface area contributed by atoms with Crippen molar-refractivity contribution in [2.45, 2.75) is 12.6 Å². The monoisotopic (exact) mass is 140 g/mol. The van der Waals surface area contributed by atoms with E-state index in [9.17, 15) is 13.2 Å². The van der Waals surface area contributed by atoms with Crippen LogP contribution >= 0.6 is 0 Å². The summed E-state index contributed by atoms with van der Waals surface area (Å²) in [5.74, 6) is -1.47. The molecule has 54 valence electrons. The van der Waals surface area contributed by atoms with Crippen molar-refractivity contribution >= 4 is 0 Å². The summed E-state index contributed by atoms with van der Waals surface area (Å²) in [4.78, 5) is 0. The minimum absolute atomic E-state index is 0.0995. The number of hydrogen-bond donors (Lipinski definition) is 1. The molecule has 2 unspecified atom stereocenters. The molecule has 0 spiro atoms. The summed E-state index contributed by atoms with van der Waals surface area (Å²) in [5.41, 5.74) is 0. The smallest absolute Gasteiger partial charge is 0.316 e. The molecule has 0 aromatic carbocycles. The van der Waals surface area contributed by atoms with Crippen LogP contribution in [0.25, 0.3) is 0 Å². The van der Waals surface area contributed by atoms with E-state index < -0.39 is 18.5 Å². The Labute approximate surface area is 52.6 Å². The molecule has 0 aliphatic carbocycles. The van der Waals surface area contributed by atoms with Crippen LogP contribution in [0.5, 0.6) is 0 Å². The first-order valence-corrected chi connectivity index (χ1v) is 2.71. The maximum absolute atomic E-state index is 11.9. The zero-order chi connectivity index (χ0) is 7.78. The van der Waals surface area contributed by atoms with Gasteiger partial charge in [0.2, 0.25) is 0 Å². The zero-order valence-corrected chi connectivity index (χ0v) is 4.70. The van der Waals surface area contributed by atoms with Crippen molar-refractivity contribution in [1.29, 1.82) is 0 Å². The van der Waals surface area contributed by atoms with Crippen LogP contribution in [-0.4, -0.2) is 19.3 Å². The molecule has 1 heterocycles. The Balaban J connectivity index is 2.55. The van der Waals surface area contributed by atoms with Gasteiger partial charge in [0.25, 0.3) is 0 Å². The summed E-state index contributed by atoms with van der Waals surface area (Å²) in [6.07, 6.45) is -5.21. The SMILES string of the molecule is [2H]C1CNCC1C(F)(F)F. The Morgan fingerprint density at radius 2 is 2.22 bits per heavy atom. The molecular formula is C5H8F3N. The zero-order valence-electron chi connectivity index (χ0n) is 5.70. The van der Waals surface area contributed by atoms with Crippen LogP contribution in [0.1, 0.15) is 7.77 Å². The molecule has 2 atom stereocenters. The minimum atomic E-state index is -4.20. The van der Waals surface area contributed by atoms with E-state index >= 15 is 0 Å². The van der Waals surface area contributed by atoms with Crippen LogP contribution in [0, 0.1) is 5.92 Å². The van der Waals surface area contributed by atoms with Crippen LogP contribution in [0.3, 0.4) is 0 Å². The topological polar surface area (TPSA) is 12.0 Å². The van der Waals surface area contributed by atoms with Gasteiger partial charge in [0.05, 0.1) is 5.92 Å². The molecule has 1 rings (SSSR count). The van der Waals surface area contributed by atoms with Gasteiger partial charge in [-0.15, -0.1) is 0 Å². The summed E-state index contributed by atoms with van der Waals surface area (Å²) >= 11 is 0. The minimum Gasteiger partial charge on any atom is -0.316 e. The first kappa shape index (κ1) is 5.53. The van der Waals surface area contributed by atoms with Crippen molar-refractivity contribution < 1.29 is 14.5 Å². The fourth-order valence-corrected chi connectivity index (χ4v) is 0.797. The molecule has 9 heavy (non-hydrogen) atoms. The lowest BCUT2D eigenvalue weighted by Crippen LogP contribution is -2.24. The highest BCUT2D eigenvalue weighted by molar-refractivity contribution is 4.76. The van der Waals surface area contributed by atoms with Gasteiger partial charge >= 0.3 is 6.18 Å². The molecule has 1 N–H and O–H groups in total. The molecule has 0 amide bonds. The van der Waals surface area contributed by atoms with Gasteiger partial charge < -0.3 is 5.32 Å². The lowest BCUT2D eigenvalue weighted by molar-refractivity contribution is -0.168. The Bertz CT molecular complexity index is 125. The van der Waals surface area contributed by atoms with Crippen molar-refractivity contribution in [3.8, 4) is 0 Å². The van der Waals surface area contributed by atoms with E-state index in [2.05, 4.69) is 5.32 Å². The predicted molar refractivity (Wildman–Crippen MR) is 27.0 cm³/mol. The van der Waals surface area contributed by atoms with E-state index in [-0.39, 0.29) is 13.1 Å². The molecule has 4 heteroatoms. The van der Waals surface area contributed by atoms with Gasteiger partial charge in [-0.3, -0.25) is 0 Å². The molecule has 0 saturated carbocycles. The van der Waals surface area contributed by atoms with Crippen molar-refractivity contribution in [3.63, 3.8) is 0 Å². The first-order valence-electron chi connectivity index (χ1n) is 3.29. The second kappa shape index (κ2) is 2.17. The second-order valence-electron chi connectivity index (χ2n) is 2.04. The highest BCUT2D eigenvalue weighted by atomic mass is 19.4. The Hall–Kier alpha value is -0.250. The molecule has 0 aromatic rings. The number of nitrogens with one attached hydrogen (secondary N) is 1. The number of hydrogen-bond acceptors (Lipinski definition) is 1. The summed E-state index contributed by atoms with van der Waals surface area (Å²) in [6, 6.07) is 0. The summed E-state index contributed by atoms with van der Waals surface area (Å²) < 4.78 is 42.5. The van der Waals surface area contributed by atoms with Crippen molar-refractivity contribution in [2.75, 3.05) is 13.1 Å². The maximum atomic E-state index is 11.9. The van der Waals surface area contributed by atoms with E-state index in [0.29, 0.717) is 0 Å². The fraction of sp³-hybridized carbons (Fsp3) is 1.00. The molecule has 0 bridgehead atoms. The van der Waals surface area contributed by atoms with E-state index in [1.54, 1.807) is 0 Å². The molecule has 1 fully saturated rings. The molecule has 0 radical (unpaired) electrons. The average Bonchev–Trinajstić information content (AvgIpc) is 2.11. The summed E-state index contributed by atoms with van der Waals surface area (Å²) in [7, 11) is 0. The van der Waals surface area contributed by atoms with Gasteiger partial charge in [0, 0.05) is 7.92 Å². The Kier molecular flexibility index (Phi) is 1.33. The number of alkyl halides is 3. The fourth-order valence-electron chi connectivity index (χ4n) is 0.797. The van der Waals surface area contributed by atoms with Crippen molar-refractivity contribution in [3.05, 3.63) is 0 Å². The van der Waals surface area contributed by atoms with Crippen LogP contribution in [-0.2, 0) is 0 Å². The molecule has 1 saturated heterocycles. The predicted octanol–water partition coefficient (Wildman–Crippen LogP) is 1.16. The second-order valence-corrected chi connectivity index (χ2v) is 2.04. The normalized spacial score (nSPS) is 38.8. The van der Waals surface area contributed by atoms with Gasteiger partial charge in [-0.05, 0) is 12.9 Å². The molecule has 1 aliphatic heterocycles. The van der Waals surface area contributed by atoms with Crippen LogP contribution < -0.4 is 5.32 Å². The van der Waals surface area contributed by atoms with Gasteiger partial charge in [-0.1, -0.05) is 0 Å². The van der Waals surface area contributed by atoms with Gasteiger partial charge in [0.1, 0.15) is 0 Å².